The number of esters is 1. The third kappa shape index (κ3) is 2.30. The molecule has 2 aromatic rings. The topological polar surface area (TPSA) is 67.9 Å². The molecule has 19 heavy (non-hydrogen) atoms. The van der Waals surface area contributed by atoms with Gasteiger partial charge in [-0.2, -0.15) is 10.4 Å². The Morgan fingerprint density at radius 2 is 2.05 bits per heavy atom. The van der Waals surface area contributed by atoms with Gasteiger partial charge in [-0.05, 0) is 31.2 Å². The van der Waals surface area contributed by atoms with Crippen LogP contribution in [0.25, 0.3) is 5.69 Å². The smallest absolute Gasteiger partial charge is 0.360 e. The molecule has 0 spiro atoms. The van der Waals surface area contributed by atoms with Gasteiger partial charge in [-0.1, -0.05) is 11.6 Å². The highest BCUT2D eigenvalue weighted by Gasteiger charge is 2.20. The third-order valence-corrected chi connectivity index (χ3v) is 3.12. The predicted molar refractivity (Wildman–Crippen MR) is 69.4 cm³/mol. The maximum absolute atomic E-state index is 11.5. The third-order valence-electron chi connectivity index (χ3n) is 2.66. The lowest BCUT2D eigenvalue weighted by Crippen LogP contribution is -2.04. The molecule has 0 saturated carbocycles. The summed E-state index contributed by atoms with van der Waals surface area (Å²) < 4.78 is 6.15. The zero-order valence-electron chi connectivity index (χ0n) is 10.3. The van der Waals surface area contributed by atoms with Crippen molar-refractivity contribution >= 4 is 17.6 Å². The lowest BCUT2D eigenvalue weighted by atomic mass is 10.2. The summed E-state index contributed by atoms with van der Waals surface area (Å²) in [4.78, 5) is 11.5. The second-order valence-electron chi connectivity index (χ2n) is 3.81. The highest BCUT2D eigenvalue weighted by Crippen LogP contribution is 2.23. The fourth-order valence-electron chi connectivity index (χ4n) is 1.64. The Hall–Kier alpha value is -2.32. The minimum atomic E-state index is -0.583. The van der Waals surface area contributed by atoms with Gasteiger partial charge in [-0.15, -0.1) is 0 Å². The van der Waals surface area contributed by atoms with Crippen molar-refractivity contribution in [2.75, 3.05) is 7.11 Å². The van der Waals surface area contributed by atoms with Crippen LogP contribution in [0.1, 0.15) is 21.7 Å². The number of aromatic nitrogens is 2. The van der Waals surface area contributed by atoms with E-state index in [4.69, 9.17) is 16.9 Å². The van der Waals surface area contributed by atoms with E-state index in [2.05, 4.69) is 9.84 Å². The number of hydrogen-bond donors (Lipinski definition) is 0. The van der Waals surface area contributed by atoms with Crippen molar-refractivity contribution in [2.45, 2.75) is 6.92 Å². The van der Waals surface area contributed by atoms with E-state index in [0.29, 0.717) is 16.9 Å². The van der Waals surface area contributed by atoms with Gasteiger partial charge in [0.05, 0.1) is 35.1 Å². The quantitative estimate of drug-likeness (QED) is 0.790. The highest BCUT2D eigenvalue weighted by atomic mass is 35.5. The monoisotopic (exact) mass is 275 g/mol. The lowest BCUT2D eigenvalue weighted by molar-refractivity contribution is 0.0593. The largest absolute Gasteiger partial charge is 0.464 e. The average Bonchev–Trinajstić information content (AvgIpc) is 2.75. The summed E-state index contributed by atoms with van der Waals surface area (Å²) in [6.07, 6.45) is 0. The summed E-state index contributed by atoms with van der Waals surface area (Å²) in [6.45, 7) is 1.75. The maximum atomic E-state index is 11.5. The van der Waals surface area contributed by atoms with Crippen molar-refractivity contribution < 1.29 is 9.53 Å². The van der Waals surface area contributed by atoms with Crippen molar-refractivity contribution in [1.29, 1.82) is 5.26 Å². The molecule has 0 aliphatic heterocycles. The second kappa shape index (κ2) is 5.12. The highest BCUT2D eigenvalue weighted by molar-refractivity contribution is 6.34. The van der Waals surface area contributed by atoms with Gasteiger partial charge < -0.3 is 4.74 Å². The zero-order valence-corrected chi connectivity index (χ0v) is 11.1. The molecule has 2 rings (SSSR count). The molecule has 0 amide bonds. The van der Waals surface area contributed by atoms with E-state index < -0.39 is 5.97 Å². The molecule has 96 valence electrons. The number of benzene rings is 1. The van der Waals surface area contributed by atoms with E-state index in [1.54, 1.807) is 31.2 Å². The number of carbonyl (C=O) groups excluding carboxylic acids is 1. The first kappa shape index (κ1) is 13.1. The molecular formula is C13H10ClN3O2. The zero-order chi connectivity index (χ0) is 14.0. The van der Waals surface area contributed by atoms with Crippen LogP contribution in [-0.2, 0) is 4.74 Å². The van der Waals surface area contributed by atoms with Crippen LogP contribution in [0.2, 0.25) is 5.02 Å². The standard InChI is InChI=1S/C13H10ClN3O2/c1-8-11(14)12(13(18)19-2)16-17(8)10-5-3-9(7-15)4-6-10/h3-6H,1-2H3. The van der Waals surface area contributed by atoms with Gasteiger partial charge in [-0.25, -0.2) is 9.48 Å². The minimum Gasteiger partial charge on any atom is -0.464 e. The van der Waals surface area contributed by atoms with Crippen LogP contribution in [0, 0.1) is 18.3 Å². The molecule has 1 heterocycles. The van der Waals surface area contributed by atoms with Crippen LogP contribution in [0.15, 0.2) is 24.3 Å². The molecule has 1 aromatic heterocycles. The van der Waals surface area contributed by atoms with Crippen molar-refractivity contribution in [2.24, 2.45) is 0 Å². The summed E-state index contributed by atoms with van der Waals surface area (Å²) in [5.41, 5.74) is 1.97. The molecule has 5 nitrogen and oxygen atoms in total. The van der Waals surface area contributed by atoms with Crippen molar-refractivity contribution in [3.8, 4) is 11.8 Å². The first-order valence-electron chi connectivity index (χ1n) is 5.42. The summed E-state index contributed by atoms with van der Waals surface area (Å²) in [7, 11) is 1.27. The van der Waals surface area contributed by atoms with Gasteiger partial charge in [0.15, 0.2) is 5.69 Å². The first-order valence-corrected chi connectivity index (χ1v) is 5.80. The maximum Gasteiger partial charge on any atom is 0.360 e. The van der Waals surface area contributed by atoms with E-state index in [9.17, 15) is 4.79 Å². The molecule has 0 aliphatic rings. The minimum absolute atomic E-state index is 0.0750. The normalized spacial score (nSPS) is 10.0. The fraction of sp³-hybridized carbons (Fsp3) is 0.154. The molecule has 0 atom stereocenters. The van der Waals surface area contributed by atoms with Crippen LogP contribution < -0.4 is 0 Å². The SMILES string of the molecule is COC(=O)c1nn(-c2ccc(C#N)cc2)c(C)c1Cl. The van der Waals surface area contributed by atoms with Gasteiger partial charge in [0.2, 0.25) is 0 Å². The Morgan fingerprint density at radius 3 is 2.58 bits per heavy atom. The van der Waals surface area contributed by atoms with Crippen molar-refractivity contribution in [1.82, 2.24) is 9.78 Å². The van der Waals surface area contributed by atoms with Gasteiger partial charge in [0.1, 0.15) is 0 Å². The molecule has 0 aliphatic carbocycles. The van der Waals surface area contributed by atoms with Crippen molar-refractivity contribution in [3.05, 3.63) is 46.2 Å². The Balaban J connectivity index is 2.51. The van der Waals surface area contributed by atoms with Crippen LogP contribution in [0.4, 0.5) is 0 Å². The number of halogens is 1. The van der Waals surface area contributed by atoms with Crippen molar-refractivity contribution in [3.63, 3.8) is 0 Å². The van der Waals surface area contributed by atoms with Crippen LogP contribution in [0.5, 0.6) is 0 Å². The van der Waals surface area contributed by atoms with E-state index in [-0.39, 0.29) is 10.7 Å². The molecule has 0 bridgehead atoms. The van der Waals surface area contributed by atoms with Gasteiger partial charge >= 0.3 is 5.97 Å². The molecule has 0 fully saturated rings. The lowest BCUT2D eigenvalue weighted by Gasteiger charge is -2.03. The summed E-state index contributed by atoms with van der Waals surface area (Å²) in [6, 6.07) is 8.84. The Morgan fingerprint density at radius 1 is 1.42 bits per heavy atom. The van der Waals surface area contributed by atoms with E-state index in [0.717, 1.165) is 0 Å². The average molecular weight is 276 g/mol. The number of ether oxygens (including phenoxy) is 1. The number of carbonyl (C=O) groups is 1. The van der Waals surface area contributed by atoms with Crippen LogP contribution >= 0.6 is 11.6 Å². The molecule has 6 heteroatoms. The second-order valence-corrected chi connectivity index (χ2v) is 4.19. The van der Waals surface area contributed by atoms with E-state index >= 15 is 0 Å². The number of hydrogen-bond acceptors (Lipinski definition) is 4. The number of methoxy groups -OCH3 is 1. The van der Waals surface area contributed by atoms with E-state index in [1.807, 2.05) is 6.07 Å². The van der Waals surface area contributed by atoms with Gasteiger partial charge in [0, 0.05) is 0 Å². The van der Waals surface area contributed by atoms with E-state index in [1.165, 1.54) is 11.8 Å². The van der Waals surface area contributed by atoms with Crippen LogP contribution in [-0.4, -0.2) is 22.9 Å². The Kier molecular flexibility index (Phi) is 3.54. The molecule has 0 N–H and O–H groups in total. The molecular weight excluding hydrogens is 266 g/mol. The Bertz CT molecular complexity index is 668. The van der Waals surface area contributed by atoms with Crippen LogP contribution in [0.3, 0.4) is 0 Å². The van der Waals surface area contributed by atoms with Gasteiger partial charge in [-0.3, -0.25) is 0 Å². The van der Waals surface area contributed by atoms with Gasteiger partial charge in [0.25, 0.3) is 0 Å². The summed E-state index contributed by atoms with van der Waals surface area (Å²) >= 11 is 6.06. The number of nitriles is 1. The molecule has 0 unspecified atom stereocenters. The summed E-state index contributed by atoms with van der Waals surface area (Å²) in [5.74, 6) is -0.583. The summed E-state index contributed by atoms with van der Waals surface area (Å²) in [5, 5.41) is 13.1. The number of rotatable bonds is 2. The molecule has 0 saturated heterocycles. The number of nitrogens with zero attached hydrogens (tertiary/aromatic N) is 3. The Labute approximate surface area is 115 Å². The molecule has 1 aromatic carbocycles. The fourth-order valence-corrected chi connectivity index (χ4v) is 1.83. The predicted octanol–water partition coefficient (Wildman–Crippen LogP) is 2.49. The first-order chi connectivity index (χ1) is 9.08. The molecule has 0 radical (unpaired) electrons.